The van der Waals surface area contributed by atoms with E-state index in [0.29, 0.717) is 27.4 Å². The van der Waals surface area contributed by atoms with E-state index < -0.39 is 0 Å². The molecule has 3 rings (SSSR count). The Balaban J connectivity index is 1.95. The number of aromatic nitrogens is 2. The summed E-state index contributed by atoms with van der Waals surface area (Å²) in [6.45, 7) is 0.270. The second-order valence-electron chi connectivity index (χ2n) is 4.86. The molecular weight excluding hydrogens is 316 g/mol. The SMILES string of the molecule is COc1ccc(Cl)cc1COc1cccc2nc(N)nc(N)c12. The van der Waals surface area contributed by atoms with E-state index in [9.17, 15) is 0 Å². The minimum atomic E-state index is 0.128. The van der Waals surface area contributed by atoms with Crippen LogP contribution in [0.4, 0.5) is 11.8 Å². The second kappa shape index (κ2) is 6.18. The molecule has 1 heterocycles. The number of benzene rings is 2. The summed E-state index contributed by atoms with van der Waals surface area (Å²) in [6, 6.07) is 10.8. The summed E-state index contributed by atoms with van der Waals surface area (Å²) in [5.74, 6) is 1.68. The van der Waals surface area contributed by atoms with Crippen molar-refractivity contribution < 1.29 is 9.47 Å². The van der Waals surface area contributed by atoms with Gasteiger partial charge in [0.15, 0.2) is 0 Å². The van der Waals surface area contributed by atoms with Crippen molar-refractivity contribution in [1.29, 1.82) is 0 Å². The first-order chi connectivity index (χ1) is 11.1. The van der Waals surface area contributed by atoms with Gasteiger partial charge in [-0.25, -0.2) is 4.98 Å². The highest BCUT2D eigenvalue weighted by Crippen LogP contribution is 2.31. The third-order valence-corrected chi connectivity index (χ3v) is 3.59. The van der Waals surface area contributed by atoms with Gasteiger partial charge in [0.25, 0.3) is 0 Å². The number of fused-ring (bicyclic) bond motifs is 1. The fourth-order valence-corrected chi connectivity index (χ4v) is 2.53. The molecular formula is C16H15ClN4O2. The van der Waals surface area contributed by atoms with Crippen LogP contribution >= 0.6 is 11.6 Å². The first-order valence-corrected chi connectivity index (χ1v) is 7.23. The van der Waals surface area contributed by atoms with Gasteiger partial charge >= 0.3 is 0 Å². The smallest absolute Gasteiger partial charge is 0.222 e. The summed E-state index contributed by atoms with van der Waals surface area (Å²) < 4.78 is 11.2. The Kier molecular flexibility index (Phi) is 4.08. The lowest BCUT2D eigenvalue weighted by molar-refractivity contribution is 0.300. The van der Waals surface area contributed by atoms with Crippen LogP contribution in [0.25, 0.3) is 10.9 Å². The molecule has 0 unspecified atom stereocenters. The normalized spacial score (nSPS) is 10.7. The highest BCUT2D eigenvalue weighted by molar-refractivity contribution is 6.30. The van der Waals surface area contributed by atoms with Gasteiger partial charge in [-0.3, -0.25) is 0 Å². The van der Waals surface area contributed by atoms with E-state index in [1.807, 2.05) is 6.07 Å². The maximum absolute atomic E-state index is 6.03. The number of methoxy groups -OCH3 is 1. The number of hydrogen-bond donors (Lipinski definition) is 2. The maximum atomic E-state index is 6.03. The van der Waals surface area contributed by atoms with Crippen LogP contribution in [0.15, 0.2) is 36.4 Å². The molecule has 23 heavy (non-hydrogen) atoms. The molecule has 3 aromatic rings. The van der Waals surface area contributed by atoms with Gasteiger partial charge in [0.2, 0.25) is 5.95 Å². The van der Waals surface area contributed by atoms with Crippen LogP contribution in [0.3, 0.4) is 0 Å². The molecule has 1 aromatic heterocycles. The lowest BCUT2D eigenvalue weighted by Gasteiger charge is -2.13. The monoisotopic (exact) mass is 330 g/mol. The lowest BCUT2D eigenvalue weighted by atomic mass is 10.2. The van der Waals surface area contributed by atoms with E-state index in [4.69, 9.17) is 32.5 Å². The number of nitrogens with zero attached hydrogens (tertiary/aromatic N) is 2. The Bertz CT molecular complexity index is 870. The molecule has 4 N–H and O–H groups in total. The average Bonchev–Trinajstić information content (AvgIpc) is 2.52. The molecule has 6 nitrogen and oxygen atoms in total. The van der Waals surface area contributed by atoms with Crippen LogP contribution in [0, 0.1) is 0 Å². The average molecular weight is 331 g/mol. The van der Waals surface area contributed by atoms with Crippen LogP contribution in [-0.2, 0) is 6.61 Å². The Morgan fingerprint density at radius 2 is 1.91 bits per heavy atom. The van der Waals surface area contributed by atoms with Crippen LogP contribution in [0.1, 0.15) is 5.56 Å². The molecule has 2 aromatic carbocycles. The van der Waals surface area contributed by atoms with Gasteiger partial charge in [-0.2, -0.15) is 4.98 Å². The van der Waals surface area contributed by atoms with Crippen molar-refractivity contribution in [3.05, 3.63) is 47.0 Å². The predicted octanol–water partition coefficient (Wildman–Crippen LogP) is 3.04. The summed E-state index contributed by atoms with van der Waals surface area (Å²) >= 11 is 6.03. The molecule has 118 valence electrons. The number of nitrogen functional groups attached to an aromatic ring is 2. The second-order valence-corrected chi connectivity index (χ2v) is 5.30. The van der Waals surface area contributed by atoms with Crippen molar-refractivity contribution in [3.8, 4) is 11.5 Å². The number of anilines is 2. The summed E-state index contributed by atoms with van der Waals surface area (Å²) in [7, 11) is 1.60. The Hall–Kier alpha value is -2.73. The first kappa shape index (κ1) is 15.2. The molecule has 0 aliphatic carbocycles. The third-order valence-electron chi connectivity index (χ3n) is 3.36. The molecule has 0 radical (unpaired) electrons. The summed E-state index contributed by atoms with van der Waals surface area (Å²) in [5, 5.41) is 1.24. The Morgan fingerprint density at radius 3 is 2.70 bits per heavy atom. The van der Waals surface area contributed by atoms with Crippen molar-refractivity contribution in [2.24, 2.45) is 0 Å². The van der Waals surface area contributed by atoms with Gasteiger partial charge in [0, 0.05) is 10.6 Å². The van der Waals surface area contributed by atoms with E-state index in [2.05, 4.69) is 9.97 Å². The fraction of sp³-hybridized carbons (Fsp3) is 0.125. The third kappa shape index (κ3) is 3.07. The molecule has 0 amide bonds. The molecule has 0 aliphatic rings. The minimum absolute atomic E-state index is 0.128. The van der Waals surface area contributed by atoms with Crippen LogP contribution in [-0.4, -0.2) is 17.1 Å². The number of halogens is 1. The highest BCUT2D eigenvalue weighted by Gasteiger charge is 2.11. The van der Waals surface area contributed by atoms with Gasteiger partial charge in [-0.1, -0.05) is 17.7 Å². The van der Waals surface area contributed by atoms with Gasteiger partial charge in [0.05, 0.1) is 18.0 Å². The zero-order chi connectivity index (χ0) is 16.4. The van der Waals surface area contributed by atoms with Crippen LogP contribution < -0.4 is 20.9 Å². The predicted molar refractivity (Wildman–Crippen MR) is 90.7 cm³/mol. The zero-order valence-electron chi connectivity index (χ0n) is 12.4. The van der Waals surface area contributed by atoms with E-state index >= 15 is 0 Å². The molecule has 0 saturated carbocycles. The Labute approximate surface area is 138 Å². The highest BCUT2D eigenvalue weighted by atomic mass is 35.5. The molecule has 0 aliphatic heterocycles. The number of hydrogen-bond acceptors (Lipinski definition) is 6. The zero-order valence-corrected chi connectivity index (χ0v) is 13.2. The number of nitrogens with two attached hydrogens (primary N) is 2. The number of rotatable bonds is 4. The van der Waals surface area contributed by atoms with Crippen LogP contribution in [0.5, 0.6) is 11.5 Å². The minimum Gasteiger partial charge on any atom is -0.496 e. The van der Waals surface area contributed by atoms with Crippen molar-refractivity contribution in [2.45, 2.75) is 6.61 Å². The number of ether oxygens (including phenoxy) is 2. The topological polar surface area (TPSA) is 96.3 Å². The fourth-order valence-electron chi connectivity index (χ4n) is 2.33. The lowest BCUT2D eigenvalue weighted by Crippen LogP contribution is -2.03. The molecule has 0 bridgehead atoms. The van der Waals surface area contributed by atoms with Crippen molar-refractivity contribution >= 4 is 34.3 Å². The molecule has 7 heteroatoms. The van der Waals surface area contributed by atoms with E-state index in [-0.39, 0.29) is 18.4 Å². The van der Waals surface area contributed by atoms with Crippen molar-refractivity contribution in [3.63, 3.8) is 0 Å². The van der Waals surface area contributed by atoms with E-state index in [0.717, 1.165) is 5.56 Å². The largest absolute Gasteiger partial charge is 0.496 e. The summed E-state index contributed by atoms with van der Waals surface area (Å²) in [6.07, 6.45) is 0. The van der Waals surface area contributed by atoms with Crippen LogP contribution in [0.2, 0.25) is 5.02 Å². The molecule has 0 spiro atoms. The first-order valence-electron chi connectivity index (χ1n) is 6.85. The van der Waals surface area contributed by atoms with Gasteiger partial charge < -0.3 is 20.9 Å². The summed E-state index contributed by atoms with van der Waals surface area (Å²) in [4.78, 5) is 8.14. The van der Waals surface area contributed by atoms with E-state index in [1.54, 1.807) is 37.4 Å². The van der Waals surface area contributed by atoms with Gasteiger partial charge in [-0.15, -0.1) is 0 Å². The quantitative estimate of drug-likeness (QED) is 0.763. The summed E-state index contributed by atoms with van der Waals surface area (Å²) in [5.41, 5.74) is 13.0. The van der Waals surface area contributed by atoms with Crippen molar-refractivity contribution in [2.75, 3.05) is 18.6 Å². The maximum Gasteiger partial charge on any atom is 0.222 e. The van der Waals surface area contributed by atoms with Gasteiger partial charge in [0.1, 0.15) is 23.9 Å². The van der Waals surface area contributed by atoms with Gasteiger partial charge in [-0.05, 0) is 30.3 Å². The Morgan fingerprint density at radius 1 is 1.09 bits per heavy atom. The standard InChI is InChI=1S/C16H15ClN4O2/c1-22-12-6-5-10(17)7-9(12)8-23-13-4-2-3-11-14(13)15(18)21-16(19)20-11/h2-7H,8H2,1H3,(H4,18,19,20,21). The molecule has 0 atom stereocenters. The molecule has 0 saturated heterocycles. The van der Waals surface area contributed by atoms with E-state index in [1.165, 1.54) is 0 Å². The van der Waals surface area contributed by atoms with Crippen molar-refractivity contribution in [1.82, 2.24) is 9.97 Å². The molecule has 0 fully saturated rings.